The van der Waals surface area contributed by atoms with E-state index in [4.69, 9.17) is 41.2 Å². The van der Waals surface area contributed by atoms with Crippen molar-refractivity contribution < 1.29 is 0 Å². The highest BCUT2D eigenvalue weighted by Gasteiger charge is 2.09. The predicted molar refractivity (Wildman–Crippen MR) is 73.5 cm³/mol. The fraction of sp³-hybridized carbons (Fsp3) is 0. The van der Waals surface area contributed by atoms with Gasteiger partial charge in [0.25, 0.3) is 0 Å². The summed E-state index contributed by atoms with van der Waals surface area (Å²) in [6.45, 7) is 0. The third kappa shape index (κ3) is 2.35. The van der Waals surface area contributed by atoms with Crippen molar-refractivity contribution >= 4 is 51.7 Å². The molecule has 0 atom stereocenters. The van der Waals surface area contributed by atoms with E-state index in [0.29, 0.717) is 15.0 Å². The summed E-state index contributed by atoms with van der Waals surface area (Å²) in [6.07, 6.45) is 1.65. The minimum atomic E-state index is 0.342. The smallest absolute Gasteiger partial charge is 0.125 e. The molecule has 1 heterocycles. The summed E-state index contributed by atoms with van der Waals surface area (Å²) in [5, 5.41) is 1.95. The molecule has 0 aliphatic rings. The van der Waals surface area contributed by atoms with Crippen molar-refractivity contribution in [1.29, 1.82) is 0 Å². The lowest BCUT2D eigenvalue weighted by molar-refractivity contribution is 1.41. The molecule has 0 unspecified atom stereocenters. The van der Waals surface area contributed by atoms with Crippen LogP contribution in [-0.4, -0.2) is 9.97 Å². The first-order chi connectivity index (χ1) is 7.58. The molecule has 2 rings (SSSR count). The van der Waals surface area contributed by atoms with Gasteiger partial charge in [0.1, 0.15) is 10.00 Å². The Hall–Kier alpha value is -0.680. The average molecular weight is 289 g/mol. The Morgan fingerprint density at radius 1 is 1.38 bits per heavy atom. The monoisotopic (exact) mass is 288 g/mol. The Labute approximate surface area is 112 Å². The molecule has 0 saturated heterocycles. The number of thiocarbonyl (C=S) groups is 1. The molecule has 0 spiro atoms. The van der Waals surface area contributed by atoms with Gasteiger partial charge in [0.2, 0.25) is 0 Å². The lowest BCUT2D eigenvalue weighted by Gasteiger charge is -2.00. The second kappa shape index (κ2) is 4.67. The maximum atomic E-state index is 6.07. The Morgan fingerprint density at radius 2 is 2.12 bits per heavy atom. The minimum Gasteiger partial charge on any atom is -0.389 e. The summed E-state index contributed by atoms with van der Waals surface area (Å²) < 4.78 is 0. The SMILES string of the molecule is NC(=S)c1cnc(-c2ccc(Cl)cc2Cl)s1. The van der Waals surface area contributed by atoms with Gasteiger partial charge in [0, 0.05) is 16.8 Å². The van der Waals surface area contributed by atoms with Crippen molar-refractivity contribution in [3.8, 4) is 10.6 Å². The average Bonchev–Trinajstić information content (AvgIpc) is 2.66. The van der Waals surface area contributed by atoms with E-state index in [1.807, 2.05) is 6.07 Å². The van der Waals surface area contributed by atoms with Crippen LogP contribution in [0.2, 0.25) is 10.0 Å². The number of nitrogens with zero attached hydrogens (tertiary/aromatic N) is 1. The molecular formula is C10H6Cl2N2S2. The van der Waals surface area contributed by atoms with Gasteiger partial charge in [-0.3, -0.25) is 0 Å². The molecule has 82 valence electrons. The molecule has 2 aromatic rings. The fourth-order valence-corrected chi connectivity index (χ4v) is 2.71. The zero-order chi connectivity index (χ0) is 11.7. The Kier molecular flexibility index (Phi) is 3.44. The first-order valence-electron chi connectivity index (χ1n) is 4.29. The van der Waals surface area contributed by atoms with Crippen molar-refractivity contribution in [2.45, 2.75) is 0 Å². The van der Waals surface area contributed by atoms with E-state index in [2.05, 4.69) is 4.98 Å². The van der Waals surface area contributed by atoms with Gasteiger partial charge in [-0.25, -0.2) is 4.98 Å². The van der Waals surface area contributed by atoms with Crippen LogP contribution in [0.4, 0.5) is 0 Å². The maximum Gasteiger partial charge on any atom is 0.125 e. The van der Waals surface area contributed by atoms with Crippen LogP contribution >= 0.6 is 46.8 Å². The summed E-state index contributed by atoms with van der Waals surface area (Å²) >= 11 is 18.2. The second-order valence-electron chi connectivity index (χ2n) is 3.02. The van der Waals surface area contributed by atoms with Crippen molar-refractivity contribution in [3.63, 3.8) is 0 Å². The van der Waals surface area contributed by atoms with E-state index in [9.17, 15) is 0 Å². The number of halogens is 2. The quantitative estimate of drug-likeness (QED) is 0.856. The summed E-state index contributed by atoms with van der Waals surface area (Å²) in [5.41, 5.74) is 6.35. The number of hydrogen-bond donors (Lipinski definition) is 1. The summed E-state index contributed by atoms with van der Waals surface area (Å²) in [6, 6.07) is 5.28. The number of benzene rings is 1. The van der Waals surface area contributed by atoms with Crippen LogP contribution in [0.5, 0.6) is 0 Å². The van der Waals surface area contributed by atoms with E-state index in [-0.39, 0.29) is 0 Å². The van der Waals surface area contributed by atoms with Crippen molar-refractivity contribution in [2.24, 2.45) is 5.73 Å². The highest BCUT2D eigenvalue weighted by atomic mass is 35.5. The first kappa shape index (κ1) is 11.8. The molecule has 0 aliphatic heterocycles. The molecule has 1 aromatic carbocycles. The number of hydrogen-bond acceptors (Lipinski definition) is 3. The Morgan fingerprint density at radius 3 is 2.69 bits per heavy atom. The molecule has 16 heavy (non-hydrogen) atoms. The van der Waals surface area contributed by atoms with Gasteiger partial charge in [-0.2, -0.15) is 0 Å². The highest BCUT2D eigenvalue weighted by molar-refractivity contribution is 7.81. The van der Waals surface area contributed by atoms with Crippen LogP contribution in [0.15, 0.2) is 24.4 Å². The van der Waals surface area contributed by atoms with Gasteiger partial charge < -0.3 is 5.73 Å². The van der Waals surface area contributed by atoms with Crippen LogP contribution in [0.25, 0.3) is 10.6 Å². The third-order valence-electron chi connectivity index (χ3n) is 1.91. The normalized spacial score (nSPS) is 10.4. The lowest BCUT2D eigenvalue weighted by atomic mass is 10.2. The minimum absolute atomic E-state index is 0.342. The zero-order valence-corrected chi connectivity index (χ0v) is 11.1. The van der Waals surface area contributed by atoms with Crippen molar-refractivity contribution in [3.05, 3.63) is 39.3 Å². The Balaban J connectivity index is 2.46. The van der Waals surface area contributed by atoms with Crippen LogP contribution in [0.3, 0.4) is 0 Å². The first-order valence-corrected chi connectivity index (χ1v) is 6.27. The standard InChI is InChI=1S/C10H6Cl2N2S2/c11-5-1-2-6(7(12)3-5)10-14-4-8(16-10)9(13)15/h1-4H,(H2,13,15). The van der Waals surface area contributed by atoms with Gasteiger partial charge in [-0.1, -0.05) is 35.4 Å². The third-order valence-corrected chi connectivity index (χ3v) is 3.87. The fourth-order valence-electron chi connectivity index (χ4n) is 1.18. The molecular weight excluding hydrogens is 283 g/mol. The maximum absolute atomic E-state index is 6.07. The molecule has 0 radical (unpaired) electrons. The van der Waals surface area contributed by atoms with Gasteiger partial charge in [0.05, 0.1) is 9.90 Å². The molecule has 1 aromatic heterocycles. The summed E-state index contributed by atoms with van der Waals surface area (Å²) in [7, 11) is 0. The molecule has 0 amide bonds. The van der Waals surface area contributed by atoms with Crippen molar-refractivity contribution in [2.75, 3.05) is 0 Å². The van der Waals surface area contributed by atoms with Gasteiger partial charge >= 0.3 is 0 Å². The molecule has 0 bridgehead atoms. The van der Waals surface area contributed by atoms with E-state index in [0.717, 1.165) is 15.4 Å². The molecule has 0 fully saturated rings. The van der Waals surface area contributed by atoms with Gasteiger partial charge in [-0.15, -0.1) is 11.3 Å². The van der Waals surface area contributed by atoms with Crippen LogP contribution in [0, 0.1) is 0 Å². The second-order valence-corrected chi connectivity index (χ2v) is 5.33. The molecule has 2 N–H and O–H groups in total. The van der Waals surface area contributed by atoms with Gasteiger partial charge in [-0.05, 0) is 18.2 Å². The Bertz CT molecular complexity index is 552. The molecule has 6 heteroatoms. The topological polar surface area (TPSA) is 38.9 Å². The lowest BCUT2D eigenvalue weighted by Crippen LogP contribution is -2.06. The molecule has 2 nitrogen and oxygen atoms in total. The summed E-state index contributed by atoms with van der Waals surface area (Å²) in [4.78, 5) is 5.34. The number of aromatic nitrogens is 1. The molecule has 0 aliphatic carbocycles. The van der Waals surface area contributed by atoms with Gasteiger partial charge in [0.15, 0.2) is 0 Å². The van der Waals surface area contributed by atoms with E-state index in [1.165, 1.54) is 11.3 Å². The van der Waals surface area contributed by atoms with E-state index < -0.39 is 0 Å². The van der Waals surface area contributed by atoms with E-state index in [1.54, 1.807) is 18.3 Å². The van der Waals surface area contributed by atoms with Crippen LogP contribution < -0.4 is 5.73 Å². The van der Waals surface area contributed by atoms with Crippen LogP contribution in [0.1, 0.15) is 4.88 Å². The predicted octanol–water partition coefficient (Wildman–Crippen LogP) is 3.75. The zero-order valence-electron chi connectivity index (χ0n) is 7.91. The number of rotatable bonds is 2. The molecule has 0 saturated carbocycles. The van der Waals surface area contributed by atoms with E-state index >= 15 is 0 Å². The number of nitrogens with two attached hydrogens (primary N) is 1. The summed E-state index contributed by atoms with van der Waals surface area (Å²) in [5.74, 6) is 0. The van der Waals surface area contributed by atoms with Crippen molar-refractivity contribution in [1.82, 2.24) is 4.98 Å². The van der Waals surface area contributed by atoms with Crippen LogP contribution in [-0.2, 0) is 0 Å². The largest absolute Gasteiger partial charge is 0.389 e. The number of thiazole rings is 1. The highest BCUT2D eigenvalue weighted by Crippen LogP contribution is 2.32.